The van der Waals surface area contributed by atoms with Gasteiger partial charge in [0.15, 0.2) is 0 Å². The van der Waals surface area contributed by atoms with Crippen LogP contribution in [0.2, 0.25) is 0 Å². The highest BCUT2D eigenvalue weighted by atomic mass is 16.3. The summed E-state index contributed by atoms with van der Waals surface area (Å²) < 4.78 is 5.94. The molecule has 1 N–H and O–H groups in total. The van der Waals surface area contributed by atoms with E-state index in [1.165, 1.54) is 23.8 Å². The van der Waals surface area contributed by atoms with Gasteiger partial charge in [-0.1, -0.05) is 39.0 Å². The SMILES string of the molecule is CCc1oc2ccccc2c1CNC(C)CCC(C)C. The van der Waals surface area contributed by atoms with Gasteiger partial charge in [-0.05, 0) is 31.7 Å². The van der Waals surface area contributed by atoms with Crippen molar-refractivity contribution in [2.45, 2.75) is 59.5 Å². The minimum absolute atomic E-state index is 0.552. The molecule has 2 aromatic rings. The van der Waals surface area contributed by atoms with Crippen molar-refractivity contribution in [2.24, 2.45) is 5.92 Å². The number of para-hydroxylation sites is 1. The van der Waals surface area contributed by atoms with Gasteiger partial charge in [0.2, 0.25) is 0 Å². The Kier molecular flexibility index (Phi) is 5.24. The predicted molar refractivity (Wildman–Crippen MR) is 86.0 cm³/mol. The number of aryl methyl sites for hydroxylation is 1. The van der Waals surface area contributed by atoms with Gasteiger partial charge in [0.25, 0.3) is 0 Å². The van der Waals surface area contributed by atoms with Crippen LogP contribution in [-0.4, -0.2) is 6.04 Å². The van der Waals surface area contributed by atoms with E-state index in [9.17, 15) is 0 Å². The van der Waals surface area contributed by atoms with Gasteiger partial charge in [0.1, 0.15) is 11.3 Å². The summed E-state index contributed by atoms with van der Waals surface area (Å²) >= 11 is 0. The molecular weight excluding hydrogens is 246 g/mol. The summed E-state index contributed by atoms with van der Waals surface area (Å²) in [4.78, 5) is 0. The molecule has 1 unspecified atom stereocenters. The maximum absolute atomic E-state index is 5.94. The largest absolute Gasteiger partial charge is 0.461 e. The maximum Gasteiger partial charge on any atom is 0.134 e. The quantitative estimate of drug-likeness (QED) is 0.775. The van der Waals surface area contributed by atoms with Crippen molar-refractivity contribution in [3.63, 3.8) is 0 Å². The second-order valence-corrected chi connectivity index (χ2v) is 6.11. The van der Waals surface area contributed by atoms with E-state index in [1.54, 1.807) is 0 Å². The third kappa shape index (κ3) is 3.63. The number of fused-ring (bicyclic) bond motifs is 1. The average molecular weight is 273 g/mol. The van der Waals surface area contributed by atoms with Gasteiger partial charge in [0.05, 0.1) is 0 Å². The molecule has 110 valence electrons. The Morgan fingerprint density at radius 3 is 2.55 bits per heavy atom. The molecule has 0 fully saturated rings. The first-order valence-electron chi connectivity index (χ1n) is 7.84. The molecule has 0 bridgehead atoms. The third-order valence-corrected chi connectivity index (χ3v) is 3.91. The van der Waals surface area contributed by atoms with Gasteiger partial charge in [-0.15, -0.1) is 0 Å². The van der Waals surface area contributed by atoms with Crippen LogP contribution in [0.15, 0.2) is 28.7 Å². The monoisotopic (exact) mass is 273 g/mol. The van der Waals surface area contributed by atoms with Crippen LogP contribution in [0.1, 0.15) is 51.9 Å². The van der Waals surface area contributed by atoms with Crippen molar-refractivity contribution in [3.8, 4) is 0 Å². The van der Waals surface area contributed by atoms with E-state index in [0.29, 0.717) is 6.04 Å². The van der Waals surface area contributed by atoms with Crippen LogP contribution in [0.4, 0.5) is 0 Å². The maximum atomic E-state index is 5.94. The second-order valence-electron chi connectivity index (χ2n) is 6.11. The topological polar surface area (TPSA) is 25.2 Å². The lowest BCUT2D eigenvalue weighted by Crippen LogP contribution is -2.26. The lowest BCUT2D eigenvalue weighted by Gasteiger charge is -2.15. The Hall–Kier alpha value is -1.28. The van der Waals surface area contributed by atoms with Crippen LogP contribution in [0.5, 0.6) is 0 Å². The van der Waals surface area contributed by atoms with Gasteiger partial charge in [-0.2, -0.15) is 0 Å². The van der Waals surface area contributed by atoms with E-state index >= 15 is 0 Å². The summed E-state index contributed by atoms with van der Waals surface area (Å²) in [6, 6.07) is 8.89. The molecule has 1 aromatic heterocycles. The molecule has 2 heteroatoms. The summed E-state index contributed by atoms with van der Waals surface area (Å²) in [5, 5.41) is 4.90. The van der Waals surface area contributed by atoms with Crippen molar-refractivity contribution in [1.82, 2.24) is 5.32 Å². The zero-order valence-electron chi connectivity index (χ0n) is 13.2. The molecule has 0 saturated heterocycles. The van der Waals surface area contributed by atoms with Crippen LogP contribution in [0, 0.1) is 5.92 Å². The number of nitrogens with one attached hydrogen (secondary N) is 1. The van der Waals surface area contributed by atoms with E-state index in [2.05, 4.69) is 51.2 Å². The lowest BCUT2D eigenvalue weighted by molar-refractivity contribution is 0.447. The molecule has 1 heterocycles. The Bertz CT molecular complexity index is 541. The highest BCUT2D eigenvalue weighted by molar-refractivity contribution is 5.82. The summed E-state index contributed by atoms with van der Waals surface area (Å²) in [6.07, 6.45) is 3.46. The van der Waals surface area contributed by atoms with Crippen molar-refractivity contribution >= 4 is 11.0 Å². The number of hydrogen-bond donors (Lipinski definition) is 1. The highest BCUT2D eigenvalue weighted by Gasteiger charge is 2.13. The molecule has 0 aliphatic carbocycles. The molecule has 0 aliphatic heterocycles. The Labute approximate surface area is 122 Å². The second kappa shape index (κ2) is 6.94. The molecule has 1 aromatic carbocycles. The van der Waals surface area contributed by atoms with Crippen LogP contribution in [0.25, 0.3) is 11.0 Å². The molecule has 20 heavy (non-hydrogen) atoms. The minimum Gasteiger partial charge on any atom is -0.461 e. The fourth-order valence-electron chi connectivity index (χ4n) is 2.59. The average Bonchev–Trinajstić information content (AvgIpc) is 2.80. The first kappa shape index (κ1) is 15.1. The van der Waals surface area contributed by atoms with E-state index < -0.39 is 0 Å². The zero-order valence-corrected chi connectivity index (χ0v) is 13.2. The van der Waals surface area contributed by atoms with E-state index in [4.69, 9.17) is 4.42 Å². The minimum atomic E-state index is 0.552. The predicted octanol–water partition coefficient (Wildman–Crippen LogP) is 4.91. The Morgan fingerprint density at radius 1 is 1.10 bits per heavy atom. The van der Waals surface area contributed by atoms with Crippen molar-refractivity contribution in [1.29, 1.82) is 0 Å². The number of furan rings is 1. The van der Waals surface area contributed by atoms with Crippen LogP contribution >= 0.6 is 0 Å². The lowest BCUT2D eigenvalue weighted by atomic mass is 10.0. The number of benzene rings is 1. The van der Waals surface area contributed by atoms with Gasteiger partial charge in [0, 0.05) is 30.0 Å². The van der Waals surface area contributed by atoms with Crippen molar-refractivity contribution in [3.05, 3.63) is 35.6 Å². The summed E-state index contributed by atoms with van der Waals surface area (Å²) in [5.41, 5.74) is 2.34. The fourth-order valence-corrected chi connectivity index (χ4v) is 2.59. The molecule has 0 aliphatic rings. The first-order valence-corrected chi connectivity index (χ1v) is 7.84. The van der Waals surface area contributed by atoms with E-state index in [-0.39, 0.29) is 0 Å². The molecule has 0 radical (unpaired) electrons. The summed E-state index contributed by atoms with van der Waals surface area (Å²) in [7, 11) is 0. The molecule has 0 spiro atoms. The highest BCUT2D eigenvalue weighted by Crippen LogP contribution is 2.26. The van der Waals surface area contributed by atoms with Gasteiger partial charge in [-0.3, -0.25) is 0 Å². The van der Waals surface area contributed by atoms with E-state index in [1.807, 2.05) is 6.07 Å². The summed E-state index contributed by atoms with van der Waals surface area (Å²) in [5.74, 6) is 1.90. The number of rotatable bonds is 7. The van der Waals surface area contributed by atoms with Gasteiger partial charge >= 0.3 is 0 Å². The Balaban J connectivity index is 2.05. The van der Waals surface area contributed by atoms with Crippen LogP contribution in [-0.2, 0) is 13.0 Å². The van der Waals surface area contributed by atoms with Gasteiger partial charge in [-0.25, -0.2) is 0 Å². The molecule has 2 nitrogen and oxygen atoms in total. The molecule has 0 amide bonds. The third-order valence-electron chi connectivity index (χ3n) is 3.91. The first-order chi connectivity index (χ1) is 9.61. The molecular formula is C18H27NO. The van der Waals surface area contributed by atoms with E-state index in [0.717, 1.165) is 30.2 Å². The fraction of sp³-hybridized carbons (Fsp3) is 0.556. The van der Waals surface area contributed by atoms with Crippen LogP contribution < -0.4 is 5.32 Å². The van der Waals surface area contributed by atoms with Crippen molar-refractivity contribution < 1.29 is 4.42 Å². The standard InChI is InChI=1S/C18H27NO/c1-5-17-16(12-19-14(4)11-10-13(2)3)15-8-6-7-9-18(15)20-17/h6-9,13-14,19H,5,10-12H2,1-4H3. The van der Waals surface area contributed by atoms with Gasteiger partial charge < -0.3 is 9.73 Å². The molecule has 1 atom stereocenters. The normalized spacial score (nSPS) is 13.2. The molecule has 0 saturated carbocycles. The smallest absolute Gasteiger partial charge is 0.134 e. The molecule has 2 rings (SSSR count). The summed E-state index contributed by atoms with van der Waals surface area (Å²) in [6.45, 7) is 9.90. The Morgan fingerprint density at radius 2 is 1.85 bits per heavy atom. The number of hydrogen-bond acceptors (Lipinski definition) is 2. The van der Waals surface area contributed by atoms with Crippen molar-refractivity contribution in [2.75, 3.05) is 0 Å². The van der Waals surface area contributed by atoms with Crippen LogP contribution in [0.3, 0.4) is 0 Å². The zero-order chi connectivity index (χ0) is 14.5.